The number of rotatable bonds is 1. The number of oxime groups is 1. The van der Waals surface area contributed by atoms with Gasteiger partial charge in [0.2, 0.25) is 0 Å². The molecule has 1 aliphatic carbocycles. The van der Waals surface area contributed by atoms with Crippen LogP contribution >= 0.6 is 0 Å². The molecule has 2 rings (SSSR count). The van der Waals surface area contributed by atoms with Gasteiger partial charge in [0, 0.05) is 5.56 Å². The molecule has 15 heavy (non-hydrogen) atoms. The summed E-state index contributed by atoms with van der Waals surface area (Å²) in [5.41, 5.74) is 3.08. The van der Waals surface area contributed by atoms with Gasteiger partial charge >= 0.3 is 0 Å². The zero-order valence-electron chi connectivity index (χ0n) is 8.86. The van der Waals surface area contributed by atoms with Crippen molar-refractivity contribution in [2.24, 2.45) is 5.16 Å². The summed E-state index contributed by atoms with van der Waals surface area (Å²) in [6, 6.07) is 5.93. The molecule has 3 nitrogen and oxygen atoms in total. The fourth-order valence-corrected chi connectivity index (χ4v) is 2.03. The number of aryl methyl sites for hydroxylation is 1. The van der Waals surface area contributed by atoms with Gasteiger partial charge in [0.1, 0.15) is 5.75 Å². The van der Waals surface area contributed by atoms with Crippen LogP contribution in [-0.2, 0) is 6.42 Å². The summed E-state index contributed by atoms with van der Waals surface area (Å²) >= 11 is 0. The Morgan fingerprint density at radius 3 is 2.80 bits per heavy atom. The SMILES string of the molecule is COc1ccc2c(c1)CCCC/C2=N/O. The maximum Gasteiger partial charge on any atom is 0.119 e. The molecule has 0 saturated carbocycles. The monoisotopic (exact) mass is 205 g/mol. The van der Waals surface area contributed by atoms with E-state index in [0.717, 1.165) is 42.7 Å². The minimum Gasteiger partial charge on any atom is -0.497 e. The van der Waals surface area contributed by atoms with Gasteiger partial charge in [-0.25, -0.2) is 0 Å². The van der Waals surface area contributed by atoms with Gasteiger partial charge in [-0.3, -0.25) is 0 Å². The molecule has 0 fully saturated rings. The Balaban J connectivity index is 2.45. The fourth-order valence-electron chi connectivity index (χ4n) is 2.03. The molecule has 0 aliphatic heterocycles. The largest absolute Gasteiger partial charge is 0.497 e. The zero-order valence-corrected chi connectivity index (χ0v) is 8.86. The molecule has 0 unspecified atom stereocenters. The van der Waals surface area contributed by atoms with Gasteiger partial charge in [0.15, 0.2) is 0 Å². The molecule has 3 heteroatoms. The van der Waals surface area contributed by atoms with Gasteiger partial charge in [0.05, 0.1) is 12.8 Å². The Hall–Kier alpha value is -1.51. The van der Waals surface area contributed by atoms with E-state index in [0.29, 0.717) is 0 Å². The van der Waals surface area contributed by atoms with E-state index < -0.39 is 0 Å². The normalized spacial score (nSPS) is 18.3. The third-order valence-electron chi connectivity index (χ3n) is 2.85. The van der Waals surface area contributed by atoms with E-state index in [9.17, 15) is 0 Å². The van der Waals surface area contributed by atoms with Crippen LogP contribution in [0.5, 0.6) is 5.75 Å². The number of fused-ring (bicyclic) bond motifs is 1. The number of methoxy groups -OCH3 is 1. The standard InChI is InChI=1S/C12H15NO2/c1-15-10-6-7-11-9(8-10)4-2-3-5-12(11)13-14/h6-8,14H,2-5H2,1H3/b13-12-. The lowest BCUT2D eigenvalue weighted by atomic mass is 10.0. The molecular weight excluding hydrogens is 190 g/mol. The van der Waals surface area contributed by atoms with Crippen molar-refractivity contribution in [1.82, 2.24) is 0 Å². The van der Waals surface area contributed by atoms with Crippen LogP contribution in [-0.4, -0.2) is 18.0 Å². The third-order valence-corrected chi connectivity index (χ3v) is 2.85. The van der Waals surface area contributed by atoms with Crippen molar-refractivity contribution in [3.05, 3.63) is 29.3 Å². The van der Waals surface area contributed by atoms with Crippen LogP contribution in [0.4, 0.5) is 0 Å². The minimum absolute atomic E-state index is 0.796. The summed E-state index contributed by atoms with van der Waals surface area (Å²) in [6.45, 7) is 0. The third kappa shape index (κ3) is 1.96. The molecule has 0 amide bonds. The summed E-state index contributed by atoms with van der Waals surface area (Å²) in [5.74, 6) is 0.868. The van der Waals surface area contributed by atoms with Crippen molar-refractivity contribution >= 4 is 5.71 Å². The highest BCUT2D eigenvalue weighted by Gasteiger charge is 2.14. The van der Waals surface area contributed by atoms with Crippen molar-refractivity contribution in [2.45, 2.75) is 25.7 Å². The highest BCUT2D eigenvalue weighted by atomic mass is 16.5. The lowest BCUT2D eigenvalue weighted by Gasteiger charge is -2.08. The molecule has 1 aromatic carbocycles. The summed E-state index contributed by atoms with van der Waals surface area (Å²) in [6.07, 6.45) is 4.11. The predicted molar refractivity (Wildman–Crippen MR) is 58.9 cm³/mol. The molecule has 0 bridgehead atoms. The van der Waals surface area contributed by atoms with E-state index in [4.69, 9.17) is 9.94 Å². The van der Waals surface area contributed by atoms with Crippen molar-refractivity contribution in [3.63, 3.8) is 0 Å². The molecule has 1 aliphatic rings. The quantitative estimate of drug-likeness (QED) is 0.435. The average Bonchev–Trinajstić information content (AvgIpc) is 2.49. The van der Waals surface area contributed by atoms with Gasteiger partial charge in [0.25, 0.3) is 0 Å². The molecular formula is C12H15NO2. The maximum absolute atomic E-state index is 8.95. The summed E-state index contributed by atoms with van der Waals surface area (Å²) < 4.78 is 5.19. The van der Waals surface area contributed by atoms with Crippen LogP contribution in [0.25, 0.3) is 0 Å². The molecule has 0 spiro atoms. The van der Waals surface area contributed by atoms with Crippen LogP contribution in [0.15, 0.2) is 23.4 Å². The summed E-state index contributed by atoms with van der Waals surface area (Å²) in [4.78, 5) is 0. The molecule has 1 N–H and O–H groups in total. The summed E-state index contributed by atoms with van der Waals surface area (Å²) in [5, 5.41) is 12.3. The van der Waals surface area contributed by atoms with E-state index in [1.807, 2.05) is 18.2 Å². The fraction of sp³-hybridized carbons (Fsp3) is 0.417. The number of hydrogen-bond donors (Lipinski definition) is 1. The maximum atomic E-state index is 8.95. The Morgan fingerprint density at radius 2 is 2.07 bits per heavy atom. The van der Waals surface area contributed by atoms with Crippen LogP contribution in [0, 0.1) is 0 Å². The minimum atomic E-state index is 0.796. The Kier molecular flexibility index (Phi) is 2.90. The average molecular weight is 205 g/mol. The Bertz CT molecular complexity index is 385. The second-order valence-corrected chi connectivity index (χ2v) is 3.78. The highest BCUT2D eigenvalue weighted by Crippen LogP contribution is 2.25. The molecule has 0 saturated heterocycles. The number of ether oxygens (including phenoxy) is 1. The number of nitrogens with zero attached hydrogens (tertiary/aromatic N) is 1. The van der Waals surface area contributed by atoms with Crippen LogP contribution in [0.1, 0.15) is 30.4 Å². The Morgan fingerprint density at radius 1 is 1.27 bits per heavy atom. The molecule has 0 radical (unpaired) electrons. The van der Waals surface area contributed by atoms with Gasteiger partial charge in [-0.05, 0) is 49.4 Å². The molecule has 80 valence electrons. The van der Waals surface area contributed by atoms with Gasteiger partial charge < -0.3 is 9.94 Å². The van der Waals surface area contributed by atoms with Gasteiger partial charge in [-0.2, -0.15) is 0 Å². The first-order valence-electron chi connectivity index (χ1n) is 5.23. The second-order valence-electron chi connectivity index (χ2n) is 3.78. The van der Waals surface area contributed by atoms with Crippen LogP contribution in [0.3, 0.4) is 0 Å². The zero-order chi connectivity index (χ0) is 10.7. The second kappa shape index (κ2) is 4.34. The van der Waals surface area contributed by atoms with Crippen molar-refractivity contribution in [2.75, 3.05) is 7.11 Å². The lowest BCUT2D eigenvalue weighted by molar-refractivity contribution is 0.318. The first kappa shape index (κ1) is 10.0. The molecule has 0 aromatic heterocycles. The highest BCUT2D eigenvalue weighted by molar-refractivity contribution is 6.01. The Labute approximate surface area is 89.4 Å². The van der Waals surface area contributed by atoms with Crippen molar-refractivity contribution in [1.29, 1.82) is 0 Å². The first-order valence-corrected chi connectivity index (χ1v) is 5.23. The van der Waals surface area contributed by atoms with Gasteiger partial charge in [-0.15, -0.1) is 0 Å². The van der Waals surface area contributed by atoms with Crippen LogP contribution < -0.4 is 4.74 Å². The van der Waals surface area contributed by atoms with E-state index >= 15 is 0 Å². The van der Waals surface area contributed by atoms with E-state index in [1.165, 1.54) is 5.56 Å². The van der Waals surface area contributed by atoms with E-state index in [1.54, 1.807) is 7.11 Å². The molecule has 1 aromatic rings. The topological polar surface area (TPSA) is 41.8 Å². The van der Waals surface area contributed by atoms with Crippen molar-refractivity contribution in [3.8, 4) is 5.75 Å². The smallest absolute Gasteiger partial charge is 0.119 e. The van der Waals surface area contributed by atoms with Crippen molar-refractivity contribution < 1.29 is 9.94 Å². The van der Waals surface area contributed by atoms with Crippen LogP contribution in [0.2, 0.25) is 0 Å². The number of hydrogen-bond acceptors (Lipinski definition) is 3. The first-order chi connectivity index (χ1) is 7.35. The predicted octanol–water partition coefficient (Wildman–Crippen LogP) is 2.60. The summed E-state index contributed by atoms with van der Waals surface area (Å²) in [7, 11) is 1.67. The van der Waals surface area contributed by atoms with Gasteiger partial charge in [-0.1, -0.05) is 5.16 Å². The van der Waals surface area contributed by atoms with E-state index in [-0.39, 0.29) is 0 Å². The molecule has 0 heterocycles. The molecule has 0 atom stereocenters. The number of benzene rings is 1. The van der Waals surface area contributed by atoms with E-state index in [2.05, 4.69) is 5.16 Å². The lowest BCUT2D eigenvalue weighted by Crippen LogP contribution is -2.02.